The third-order valence-electron chi connectivity index (χ3n) is 3.41. The van der Waals surface area contributed by atoms with Crippen molar-refractivity contribution in [2.24, 2.45) is 0 Å². The molecule has 0 atom stereocenters. The quantitative estimate of drug-likeness (QED) is 0.838. The minimum Gasteiger partial charge on any atom is -0.384 e. The fourth-order valence-corrected chi connectivity index (χ4v) is 3.42. The number of anilines is 2. The molecule has 0 N–H and O–H groups in total. The van der Waals surface area contributed by atoms with Crippen molar-refractivity contribution in [1.82, 2.24) is 0 Å². The second kappa shape index (κ2) is 6.44. The predicted molar refractivity (Wildman–Crippen MR) is 82.1 cm³/mol. The van der Waals surface area contributed by atoms with Crippen LogP contribution >= 0.6 is 0 Å². The van der Waals surface area contributed by atoms with Gasteiger partial charge in [0.05, 0.1) is 30.7 Å². The van der Waals surface area contributed by atoms with Crippen LogP contribution in [0.4, 0.5) is 11.4 Å². The Morgan fingerprint density at radius 3 is 2.52 bits per heavy atom. The molecule has 1 aromatic carbocycles. The lowest BCUT2D eigenvalue weighted by molar-refractivity contribution is -0.119. The Labute approximate surface area is 125 Å². The van der Waals surface area contributed by atoms with E-state index in [1.54, 1.807) is 36.3 Å². The van der Waals surface area contributed by atoms with E-state index in [-0.39, 0.29) is 12.3 Å². The van der Waals surface area contributed by atoms with E-state index in [0.717, 1.165) is 0 Å². The van der Waals surface area contributed by atoms with Gasteiger partial charge in [0, 0.05) is 20.2 Å². The van der Waals surface area contributed by atoms with E-state index >= 15 is 0 Å². The maximum Gasteiger partial charge on any atom is 0.232 e. The zero-order valence-corrected chi connectivity index (χ0v) is 13.1. The van der Waals surface area contributed by atoms with Crippen LogP contribution in [0.15, 0.2) is 24.3 Å². The number of carbonyl (C=O) groups excluding carboxylic acids is 1. The van der Waals surface area contributed by atoms with Gasteiger partial charge in [0.1, 0.15) is 0 Å². The van der Waals surface area contributed by atoms with E-state index in [9.17, 15) is 13.2 Å². The molecule has 116 valence electrons. The average molecular weight is 312 g/mol. The number of sulfonamides is 1. The highest BCUT2D eigenvalue weighted by Crippen LogP contribution is 2.33. The summed E-state index contributed by atoms with van der Waals surface area (Å²) in [5, 5.41) is 0. The lowest BCUT2D eigenvalue weighted by Crippen LogP contribution is -2.32. The molecule has 0 radical (unpaired) electrons. The number of rotatable bonds is 4. The van der Waals surface area contributed by atoms with Crippen molar-refractivity contribution in [3.63, 3.8) is 0 Å². The number of hydrogen-bond acceptors (Lipinski definition) is 4. The Kier molecular flexibility index (Phi) is 4.84. The van der Waals surface area contributed by atoms with E-state index < -0.39 is 10.0 Å². The number of fused-ring (bicyclic) bond motifs is 1. The van der Waals surface area contributed by atoms with Crippen LogP contribution in [0.25, 0.3) is 0 Å². The Bertz CT molecular complexity index is 615. The summed E-state index contributed by atoms with van der Waals surface area (Å²) in [6.07, 6.45) is 2.07. The summed E-state index contributed by atoms with van der Waals surface area (Å²) in [5.41, 5.74) is 1.20. The zero-order chi connectivity index (χ0) is 15.5. The van der Waals surface area contributed by atoms with Gasteiger partial charge in [0.15, 0.2) is 0 Å². The lowest BCUT2D eigenvalue weighted by Gasteiger charge is -2.25. The molecule has 2 rings (SSSR count). The SMILES string of the molecule is COCCC(=O)N1CCCN(S(C)(=O)=O)c2ccccc21. The van der Waals surface area contributed by atoms with Crippen molar-refractivity contribution in [3.8, 4) is 0 Å². The summed E-state index contributed by atoms with van der Waals surface area (Å²) in [6, 6.07) is 7.10. The number of ether oxygens (including phenoxy) is 1. The van der Waals surface area contributed by atoms with E-state index in [1.165, 1.54) is 10.6 Å². The van der Waals surface area contributed by atoms with Crippen LogP contribution < -0.4 is 9.21 Å². The fraction of sp³-hybridized carbons (Fsp3) is 0.500. The first kappa shape index (κ1) is 15.8. The molecule has 0 fully saturated rings. The van der Waals surface area contributed by atoms with Gasteiger partial charge in [-0.2, -0.15) is 0 Å². The predicted octanol–water partition coefficient (Wildman–Crippen LogP) is 1.23. The summed E-state index contributed by atoms with van der Waals surface area (Å²) in [7, 11) is -1.81. The molecule has 7 heteroatoms. The Morgan fingerprint density at radius 2 is 1.90 bits per heavy atom. The molecule has 0 aromatic heterocycles. The van der Waals surface area contributed by atoms with Gasteiger partial charge in [-0.15, -0.1) is 0 Å². The molecule has 0 unspecified atom stereocenters. The van der Waals surface area contributed by atoms with Gasteiger partial charge in [-0.05, 0) is 18.6 Å². The smallest absolute Gasteiger partial charge is 0.232 e. The van der Waals surface area contributed by atoms with Gasteiger partial charge < -0.3 is 9.64 Å². The highest BCUT2D eigenvalue weighted by Gasteiger charge is 2.28. The van der Waals surface area contributed by atoms with Crippen LogP contribution in [0.5, 0.6) is 0 Å². The molecule has 0 aliphatic carbocycles. The first-order valence-corrected chi connectivity index (χ1v) is 8.66. The minimum absolute atomic E-state index is 0.0559. The lowest BCUT2D eigenvalue weighted by atomic mass is 10.2. The van der Waals surface area contributed by atoms with Crippen molar-refractivity contribution in [2.45, 2.75) is 12.8 Å². The summed E-state index contributed by atoms with van der Waals surface area (Å²) >= 11 is 0. The highest BCUT2D eigenvalue weighted by atomic mass is 32.2. The van der Waals surface area contributed by atoms with Crippen LogP contribution in [0.2, 0.25) is 0 Å². The van der Waals surface area contributed by atoms with Crippen LogP contribution in [0, 0.1) is 0 Å². The summed E-state index contributed by atoms with van der Waals surface area (Å²) in [6.45, 7) is 1.24. The number of hydrogen-bond donors (Lipinski definition) is 0. The van der Waals surface area contributed by atoms with Gasteiger partial charge in [-0.3, -0.25) is 9.10 Å². The number of carbonyl (C=O) groups is 1. The maximum atomic E-state index is 12.3. The Balaban J connectivity index is 2.40. The molecular weight excluding hydrogens is 292 g/mol. The summed E-state index contributed by atoms with van der Waals surface area (Å²) in [5.74, 6) is -0.0559. The fourth-order valence-electron chi connectivity index (χ4n) is 2.44. The van der Waals surface area contributed by atoms with Crippen LogP contribution in [0.3, 0.4) is 0 Å². The molecule has 1 aliphatic rings. The van der Waals surface area contributed by atoms with Crippen molar-refractivity contribution in [2.75, 3.05) is 42.3 Å². The van der Waals surface area contributed by atoms with Crippen molar-refractivity contribution >= 4 is 27.3 Å². The second-order valence-electron chi connectivity index (χ2n) is 4.97. The number of amides is 1. The normalized spacial score (nSPS) is 15.5. The average Bonchev–Trinajstić information content (AvgIpc) is 2.63. The monoisotopic (exact) mass is 312 g/mol. The summed E-state index contributed by atoms with van der Waals surface area (Å²) in [4.78, 5) is 14.0. The number of methoxy groups -OCH3 is 1. The largest absolute Gasteiger partial charge is 0.384 e. The van der Waals surface area contributed by atoms with Crippen molar-refractivity contribution in [1.29, 1.82) is 0 Å². The molecule has 0 saturated heterocycles. The molecule has 0 bridgehead atoms. The van der Waals surface area contributed by atoms with E-state index in [0.29, 0.717) is 37.5 Å². The molecule has 6 nitrogen and oxygen atoms in total. The number of benzene rings is 1. The molecule has 21 heavy (non-hydrogen) atoms. The van der Waals surface area contributed by atoms with Crippen molar-refractivity contribution < 1.29 is 17.9 Å². The standard InChI is InChI=1S/C14H20N2O4S/c1-20-11-8-14(17)15-9-5-10-16(21(2,18)19)13-7-4-3-6-12(13)15/h3-4,6-7H,5,8-11H2,1-2H3. The maximum absolute atomic E-state index is 12.3. The van der Waals surface area contributed by atoms with Gasteiger partial charge in [-0.1, -0.05) is 12.1 Å². The molecular formula is C14H20N2O4S. The highest BCUT2D eigenvalue weighted by molar-refractivity contribution is 7.92. The first-order chi connectivity index (χ1) is 9.95. The number of nitrogens with zero attached hydrogens (tertiary/aromatic N) is 2. The molecule has 1 heterocycles. The first-order valence-electron chi connectivity index (χ1n) is 6.81. The molecule has 1 aromatic rings. The molecule has 0 spiro atoms. The second-order valence-corrected chi connectivity index (χ2v) is 6.87. The third-order valence-corrected chi connectivity index (χ3v) is 4.59. The summed E-state index contributed by atoms with van der Waals surface area (Å²) < 4.78 is 30.2. The molecule has 1 amide bonds. The van der Waals surface area contributed by atoms with Gasteiger partial charge in [0.25, 0.3) is 0 Å². The number of para-hydroxylation sites is 2. The van der Waals surface area contributed by atoms with E-state index in [4.69, 9.17) is 4.74 Å². The van der Waals surface area contributed by atoms with Crippen molar-refractivity contribution in [3.05, 3.63) is 24.3 Å². The van der Waals surface area contributed by atoms with Gasteiger partial charge >= 0.3 is 0 Å². The van der Waals surface area contributed by atoms with Crippen LogP contribution in [0.1, 0.15) is 12.8 Å². The van der Waals surface area contributed by atoms with Crippen LogP contribution in [-0.2, 0) is 19.6 Å². The molecule has 0 saturated carbocycles. The van der Waals surface area contributed by atoms with Gasteiger partial charge in [0.2, 0.25) is 15.9 Å². The zero-order valence-electron chi connectivity index (χ0n) is 12.3. The van der Waals surface area contributed by atoms with E-state index in [2.05, 4.69) is 0 Å². The van der Waals surface area contributed by atoms with E-state index in [1.807, 2.05) is 0 Å². The van der Waals surface area contributed by atoms with Gasteiger partial charge in [-0.25, -0.2) is 8.42 Å². The minimum atomic E-state index is -3.36. The molecule has 1 aliphatic heterocycles. The van der Waals surface area contributed by atoms with Crippen LogP contribution in [-0.4, -0.2) is 47.4 Å². The third kappa shape index (κ3) is 3.54. The Hall–Kier alpha value is -1.60. The Morgan fingerprint density at radius 1 is 1.24 bits per heavy atom. The topological polar surface area (TPSA) is 66.9 Å².